The summed E-state index contributed by atoms with van der Waals surface area (Å²) in [5.41, 5.74) is -5.25. The molecule has 3 N–H and O–H groups in total. The molecule has 0 aliphatic carbocycles. The molecule has 0 aromatic heterocycles. The average Bonchev–Trinajstić information content (AvgIpc) is 3.13. The van der Waals surface area contributed by atoms with Gasteiger partial charge in [-0.05, 0) is 18.2 Å². The summed E-state index contributed by atoms with van der Waals surface area (Å²) in [4.78, 5) is 72.5. The van der Waals surface area contributed by atoms with E-state index in [9.17, 15) is 66.3 Å². The van der Waals surface area contributed by atoms with Crippen LogP contribution in [0.1, 0.15) is 37.5 Å². The predicted molar refractivity (Wildman–Crippen MR) is 121 cm³/mol. The van der Waals surface area contributed by atoms with Crippen molar-refractivity contribution in [3.8, 4) is 5.75 Å². The molecule has 0 fully saturated rings. The second-order valence-electron chi connectivity index (χ2n) is 8.46. The number of nitro benzene ring substituents is 1. The zero-order valence-electron chi connectivity index (χ0n) is 20.1. The fraction of sp³-hybridized carbons (Fsp3) is 0.261. The van der Waals surface area contributed by atoms with Crippen LogP contribution in [0.15, 0.2) is 42.5 Å². The van der Waals surface area contributed by atoms with Gasteiger partial charge in [0.1, 0.15) is 0 Å². The summed E-state index contributed by atoms with van der Waals surface area (Å²) >= 11 is 0. The number of alkyl halides is 5. The van der Waals surface area contributed by atoms with Crippen LogP contribution in [0.25, 0.3) is 0 Å². The average molecular weight is 589 g/mol. The lowest BCUT2D eigenvalue weighted by Gasteiger charge is -2.28. The molecule has 0 saturated carbocycles. The number of nitro groups is 1. The Labute approximate surface area is 224 Å². The van der Waals surface area contributed by atoms with Crippen LogP contribution in [-0.4, -0.2) is 80.5 Å². The summed E-state index contributed by atoms with van der Waals surface area (Å²) in [6, 6.07) is 6.92. The Morgan fingerprint density at radius 1 is 0.951 bits per heavy atom. The number of benzene rings is 2. The van der Waals surface area contributed by atoms with Crippen LogP contribution in [0.3, 0.4) is 0 Å². The monoisotopic (exact) mass is 589 g/mol. The van der Waals surface area contributed by atoms with Gasteiger partial charge in [-0.3, -0.25) is 29.4 Å². The molecule has 13 nitrogen and oxygen atoms in total. The van der Waals surface area contributed by atoms with E-state index in [0.29, 0.717) is 23.1 Å². The minimum atomic E-state index is -6.08. The van der Waals surface area contributed by atoms with Crippen LogP contribution in [0, 0.1) is 10.1 Å². The lowest BCUT2D eigenvalue weighted by molar-refractivity contribution is -0.386. The van der Waals surface area contributed by atoms with Gasteiger partial charge in [0.15, 0.2) is 12.4 Å². The smallest absolute Gasteiger partial charge is 0.456 e. The molecule has 3 rings (SSSR count). The maximum absolute atomic E-state index is 13.3. The fourth-order valence-electron chi connectivity index (χ4n) is 3.63. The Balaban J connectivity index is 1.88. The SMILES string of the molecule is O=C(NC(CCN1C(=O)c2ccccc2C1=O)(C(=O)O)C(=O)O)c1ccc([N+](=O)[O-])c(OCC(F)(F)C(F)(F)F)c1. The predicted octanol–water partition coefficient (Wildman–Crippen LogP) is 2.50. The van der Waals surface area contributed by atoms with Crippen LogP contribution < -0.4 is 10.1 Å². The number of nitrogens with one attached hydrogen (secondary N) is 1. The van der Waals surface area contributed by atoms with Crippen molar-refractivity contribution in [2.45, 2.75) is 24.1 Å². The topological polar surface area (TPSA) is 193 Å². The van der Waals surface area contributed by atoms with Crippen molar-refractivity contribution in [3.05, 3.63) is 69.3 Å². The van der Waals surface area contributed by atoms with Crippen molar-refractivity contribution in [1.82, 2.24) is 10.2 Å². The lowest BCUT2D eigenvalue weighted by atomic mass is 9.94. The van der Waals surface area contributed by atoms with E-state index >= 15 is 0 Å². The Kier molecular flexibility index (Phi) is 7.99. The number of amides is 3. The molecule has 41 heavy (non-hydrogen) atoms. The Hall–Kier alpha value is -5.16. The van der Waals surface area contributed by atoms with Crippen molar-refractivity contribution >= 4 is 35.3 Å². The summed E-state index contributed by atoms with van der Waals surface area (Å²) in [7, 11) is 0. The lowest BCUT2D eigenvalue weighted by Crippen LogP contribution is -2.61. The maximum Gasteiger partial charge on any atom is 0.456 e. The number of halogens is 5. The van der Waals surface area contributed by atoms with Gasteiger partial charge < -0.3 is 20.3 Å². The summed E-state index contributed by atoms with van der Waals surface area (Å²) in [6.45, 7) is -3.23. The first kappa shape index (κ1) is 30.4. The van der Waals surface area contributed by atoms with E-state index in [1.54, 1.807) is 5.32 Å². The molecule has 0 atom stereocenters. The number of nitrogens with zero attached hydrogens (tertiary/aromatic N) is 2. The van der Waals surface area contributed by atoms with Crippen LogP contribution in [0.4, 0.5) is 27.6 Å². The highest BCUT2D eigenvalue weighted by atomic mass is 19.4. The molecular weight excluding hydrogens is 573 g/mol. The highest BCUT2D eigenvalue weighted by Gasteiger charge is 2.58. The third kappa shape index (κ3) is 5.75. The highest BCUT2D eigenvalue weighted by Crippen LogP contribution is 2.37. The number of imide groups is 1. The van der Waals surface area contributed by atoms with Crippen molar-refractivity contribution in [1.29, 1.82) is 0 Å². The first-order chi connectivity index (χ1) is 18.9. The van der Waals surface area contributed by atoms with Gasteiger partial charge in [0.2, 0.25) is 5.54 Å². The van der Waals surface area contributed by atoms with E-state index < -0.39 is 88.8 Å². The van der Waals surface area contributed by atoms with Gasteiger partial charge in [0.05, 0.1) is 16.1 Å². The number of carboxylic acids is 2. The number of rotatable bonds is 11. The quantitative estimate of drug-likeness (QED) is 0.115. The number of carbonyl (C=O) groups excluding carboxylic acids is 3. The Morgan fingerprint density at radius 2 is 1.49 bits per heavy atom. The molecule has 0 spiro atoms. The zero-order valence-corrected chi connectivity index (χ0v) is 20.1. The van der Waals surface area contributed by atoms with E-state index in [2.05, 4.69) is 4.74 Å². The van der Waals surface area contributed by atoms with Gasteiger partial charge in [0.25, 0.3) is 17.7 Å². The molecule has 18 heteroatoms. The standard InChI is InChI=1S/C23H16F5N3O10/c24-22(25,23(26,27)28)10-41-15-9-11(5-6-14(15)31(39)40)16(32)29-21(19(35)36,20(37)38)7-8-30-17(33)12-3-1-2-4-13(12)18(30)34/h1-6,9H,7-8,10H2,(H,29,32)(H,35,36)(H,37,38). The van der Waals surface area contributed by atoms with E-state index in [-0.39, 0.29) is 11.1 Å². The fourth-order valence-corrected chi connectivity index (χ4v) is 3.63. The summed E-state index contributed by atoms with van der Waals surface area (Å²) in [6.07, 6.45) is -7.16. The first-order valence-corrected chi connectivity index (χ1v) is 11.0. The number of carboxylic acid groups (broad SMARTS) is 2. The molecule has 218 valence electrons. The summed E-state index contributed by atoms with van der Waals surface area (Å²) in [5, 5.41) is 32.2. The van der Waals surface area contributed by atoms with Crippen molar-refractivity contribution in [2.24, 2.45) is 0 Å². The molecular formula is C23H16F5N3O10. The number of ether oxygens (including phenoxy) is 1. The molecule has 0 bridgehead atoms. The third-order valence-electron chi connectivity index (χ3n) is 5.89. The molecule has 2 aromatic rings. The number of carbonyl (C=O) groups is 5. The van der Waals surface area contributed by atoms with Crippen molar-refractivity contribution in [3.63, 3.8) is 0 Å². The molecule has 1 aliphatic rings. The van der Waals surface area contributed by atoms with Gasteiger partial charge in [-0.1, -0.05) is 12.1 Å². The Morgan fingerprint density at radius 3 is 1.95 bits per heavy atom. The van der Waals surface area contributed by atoms with Crippen LogP contribution in [0.2, 0.25) is 0 Å². The van der Waals surface area contributed by atoms with Gasteiger partial charge in [0, 0.05) is 30.7 Å². The normalized spacial score (nSPS) is 13.5. The number of hydrogen-bond donors (Lipinski definition) is 3. The number of aliphatic carboxylic acids is 2. The van der Waals surface area contributed by atoms with Gasteiger partial charge in [-0.15, -0.1) is 0 Å². The summed E-state index contributed by atoms with van der Waals surface area (Å²) in [5.74, 6) is -14.3. The van der Waals surface area contributed by atoms with Crippen LogP contribution in [-0.2, 0) is 9.59 Å². The second-order valence-corrected chi connectivity index (χ2v) is 8.46. The van der Waals surface area contributed by atoms with Crippen molar-refractivity contribution < 1.29 is 65.8 Å². The molecule has 0 saturated heterocycles. The van der Waals surface area contributed by atoms with E-state index in [4.69, 9.17) is 0 Å². The Bertz CT molecular complexity index is 1410. The van der Waals surface area contributed by atoms with Gasteiger partial charge >= 0.3 is 29.7 Å². The molecule has 1 aliphatic heterocycles. The van der Waals surface area contributed by atoms with Gasteiger partial charge in [-0.2, -0.15) is 22.0 Å². The minimum Gasteiger partial charge on any atom is -0.480 e. The molecule has 3 amide bonds. The van der Waals surface area contributed by atoms with Crippen LogP contribution >= 0.6 is 0 Å². The molecule has 1 heterocycles. The molecule has 0 radical (unpaired) electrons. The van der Waals surface area contributed by atoms with Gasteiger partial charge in [-0.25, -0.2) is 9.59 Å². The second kappa shape index (κ2) is 10.8. The minimum absolute atomic E-state index is 0.0349. The number of hydrogen-bond acceptors (Lipinski definition) is 8. The number of fused-ring (bicyclic) bond motifs is 1. The van der Waals surface area contributed by atoms with Crippen LogP contribution in [0.5, 0.6) is 5.75 Å². The van der Waals surface area contributed by atoms with E-state index in [0.717, 1.165) is 0 Å². The largest absolute Gasteiger partial charge is 0.480 e. The van der Waals surface area contributed by atoms with Crippen molar-refractivity contribution in [2.75, 3.05) is 13.2 Å². The highest BCUT2D eigenvalue weighted by molar-refractivity contribution is 6.21. The third-order valence-corrected chi connectivity index (χ3v) is 5.89. The first-order valence-electron chi connectivity index (χ1n) is 11.0. The summed E-state index contributed by atoms with van der Waals surface area (Å²) < 4.78 is 68.2. The van der Waals surface area contributed by atoms with E-state index in [1.165, 1.54) is 24.3 Å². The van der Waals surface area contributed by atoms with E-state index in [1.807, 2.05) is 0 Å². The maximum atomic E-state index is 13.3. The molecule has 2 aromatic carbocycles. The molecule has 0 unspecified atom stereocenters. The zero-order chi connectivity index (χ0) is 30.9.